The van der Waals surface area contributed by atoms with E-state index in [0.717, 1.165) is 5.69 Å². The number of aromatic nitrogens is 1. The molecule has 1 atom stereocenters. The maximum atomic E-state index is 4.16. The van der Waals surface area contributed by atoms with E-state index in [1.54, 1.807) is 0 Å². The van der Waals surface area contributed by atoms with Gasteiger partial charge in [-0.3, -0.25) is 4.98 Å². The molecule has 0 amide bonds. The highest BCUT2D eigenvalue weighted by atomic mass is 32.1. The second-order valence-corrected chi connectivity index (χ2v) is 5.89. The molecule has 2 nitrogen and oxygen atoms in total. The number of hydrogen-bond acceptors (Lipinski definition) is 3. The molecule has 0 aliphatic heterocycles. The molecule has 0 aliphatic carbocycles. The fraction of sp³-hybridized carbons (Fsp3) is 0.357. The Morgan fingerprint density at radius 2 is 2.06 bits per heavy atom. The summed E-state index contributed by atoms with van der Waals surface area (Å²) in [4.78, 5) is 6.92. The number of rotatable bonds is 3. The Morgan fingerprint density at radius 3 is 2.65 bits per heavy atom. The summed E-state index contributed by atoms with van der Waals surface area (Å²) < 4.78 is 0. The number of nitrogens with one attached hydrogen (secondary N) is 1. The lowest BCUT2D eigenvalue weighted by Gasteiger charge is -2.16. The van der Waals surface area contributed by atoms with Crippen molar-refractivity contribution in [2.45, 2.75) is 33.7 Å². The second-order valence-electron chi connectivity index (χ2n) is 4.43. The van der Waals surface area contributed by atoms with Crippen LogP contribution in [0.1, 0.15) is 33.8 Å². The molecule has 0 saturated heterocycles. The van der Waals surface area contributed by atoms with Crippen LogP contribution in [0.5, 0.6) is 0 Å². The predicted molar refractivity (Wildman–Crippen MR) is 74.8 cm³/mol. The van der Waals surface area contributed by atoms with Gasteiger partial charge in [0.25, 0.3) is 0 Å². The monoisotopic (exact) mass is 246 g/mol. The molecule has 2 heterocycles. The van der Waals surface area contributed by atoms with E-state index in [1.807, 2.05) is 29.8 Å². The standard InChI is InChI=1S/C14H18N2S/c1-9-5-6-15-8-14(9)16-11(3)13-7-10(2)17-12(13)4/h5-8,11,16H,1-4H3. The van der Waals surface area contributed by atoms with Gasteiger partial charge in [0.05, 0.1) is 11.9 Å². The van der Waals surface area contributed by atoms with Gasteiger partial charge in [0, 0.05) is 22.0 Å². The highest BCUT2D eigenvalue weighted by molar-refractivity contribution is 7.12. The van der Waals surface area contributed by atoms with Crippen molar-refractivity contribution in [3.05, 3.63) is 45.4 Å². The van der Waals surface area contributed by atoms with E-state index in [0.29, 0.717) is 6.04 Å². The zero-order valence-corrected chi connectivity index (χ0v) is 11.6. The minimum absolute atomic E-state index is 0.322. The first-order chi connectivity index (χ1) is 8.08. The molecule has 2 aromatic rings. The predicted octanol–water partition coefficient (Wildman–Crippen LogP) is 4.24. The van der Waals surface area contributed by atoms with Gasteiger partial charge >= 0.3 is 0 Å². The van der Waals surface area contributed by atoms with Gasteiger partial charge in [-0.25, -0.2) is 0 Å². The molecule has 1 N–H and O–H groups in total. The maximum Gasteiger partial charge on any atom is 0.0561 e. The lowest BCUT2D eigenvalue weighted by Crippen LogP contribution is -2.08. The van der Waals surface area contributed by atoms with Crippen LogP contribution in [0, 0.1) is 20.8 Å². The Hall–Kier alpha value is -1.35. The normalized spacial score (nSPS) is 12.5. The minimum atomic E-state index is 0.322. The van der Waals surface area contributed by atoms with Crippen molar-refractivity contribution in [3.8, 4) is 0 Å². The third-order valence-corrected chi connectivity index (χ3v) is 3.94. The van der Waals surface area contributed by atoms with Crippen LogP contribution in [-0.4, -0.2) is 4.98 Å². The van der Waals surface area contributed by atoms with E-state index >= 15 is 0 Å². The van der Waals surface area contributed by atoms with Crippen molar-refractivity contribution in [3.63, 3.8) is 0 Å². The van der Waals surface area contributed by atoms with Crippen molar-refractivity contribution < 1.29 is 0 Å². The molecule has 17 heavy (non-hydrogen) atoms. The maximum absolute atomic E-state index is 4.16. The smallest absolute Gasteiger partial charge is 0.0561 e. The van der Waals surface area contributed by atoms with Gasteiger partial charge in [0.2, 0.25) is 0 Å². The molecule has 90 valence electrons. The Bertz CT molecular complexity index is 517. The average Bonchev–Trinajstić information content (AvgIpc) is 2.61. The molecule has 1 unspecified atom stereocenters. The third kappa shape index (κ3) is 2.67. The van der Waals surface area contributed by atoms with Gasteiger partial charge in [-0.05, 0) is 51.0 Å². The molecule has 0 fully saturated rings. The number of anilines is 1. The third-order valence-electron chi connectivity index (χ3n) is 2.96. The Morgan fingerprint density at radius 1 is 1.29 bits per heavy atom. The van der Waals surface area contributed by atoms with Crippen LogP contribution in [0.2, 0.25) is 0 Å². The molecule has 0 radical (unpaired) electrons. The van der Waals surface area contributed by atoms with Gasteiger partial charge in [-0.15, -0.1) is 11.3 Å². The van der Waals surface area contributed by atoms with Gasteiger partial charge in [0.15, 0.2) is 0 Å². The summed E-state index contributed by atoms with van der Waals surface area (Å²) in [6.45, 7) is 8.63. The van der Waals surface area contributed by atoms with E-state index in [-0.39, 0.29) is 0 Å². The van der Waals surface area contributed by atoms with E-state index in [9.17, 15) is 0 Å². The molecule has 0 saturated carbocycles. The first-order valence-electron chi connectivity index (χ1n) is 5.82. The van der Waals surface area contributed by atoms with E-state index in [4.69, 9.17) is 0 Å². The van der Waals surface area contributed by atoms with Crippen molar-refractivity contribution in [1.82, 2.24) is 4.98 Å². The molecular formula is C14H18N2S. The summed E-state index contributed by atoms with van der Waals surface area (Å²) in [7, 11) is 0. The highest BCUT2D eigenvalue weighted by Crippen LogP contribution is 2.29. The van der Waals surface area contributed by atoms with Crippen LogP contribution in [0.3, 0.4) is 0 Å². The number of thiophene rings is 1. The lowest BCUT2D eigenvalue weighted by atomic mass is 10.1. The molecule has 0 aliphatic rings. The first-order valence-corrected chi connectivity index (χ1v) is 6.63. The summed E-state index contributed by atoms with van der Waals surface area (Å²) in [6.07, 6.45) is 3.71. The fourth-order valence-corrected chi connectivity index (χ4v) is 3.03. The first kappa shape index (κ1) is 12.1. The molecule has 0 spiro atoms. The van der Waals surface area contributed by atoms with Gasteiger partial charge < -0.3 is 5.32 Å². The second kappa shape index (κ2) is 4.88. The largest absolute Gasteiger partial charge is 0.377 e. The molecule has 2 aromatic heterocycles. The van der Waals surface area contributed by atoms with Crippen LogP contribution in [0.4, 0.5) is 5.69 Å². The zero-order chi connectivity index (χ0) is 12.4. The Labute approximate surface area is 107 Å². The van der Waals surface area contributed by atoms with Gasteiger partial charge in [-0.1, -0.05) is 0 Å². The van der Waals surface area contributed by atoms with Gasteiger partial charge in [-0.2, -0.15) is 0 Å². The van der Waals surface area contributed by atoms with Crippen molar-refractivity contribution in [2.75, 3.05) is 5.32 Å². The minimum Gasteiger partial charge on any atom is -0.377 e. The zero-order valence-electron chi connectivity index (χ0n) is 10.7. The molecule has 3 heteroatoms. The van der Waals surface area contributed by atoms with Crippen LogP contribution in [-0.2, 0) is 0 Å². The van der Waals surface area contributed by atoms with E-state index in [2.05, 4.69) is 44.1 Å². The average molecular weight is 246 g/mol. The number of hydrogen-bond donors (Lipinski definition) is 1. The van der Waals surface area contributed by atoms with Crippen LogP contribution in [0.25, 0.3) is 0 Å². The van der Waals surface area contributed by atoms with Crippen LogP contribution >= 0.6 is 11.3 Å². The molecule has 0 aromatic carbocycles. The van der Waals surface area contributed by atoms with Gasteiger partial charge in [0.1, 0.15) is 0 Å². The summed E-state index contributed by atoms with van der Waals surface area (Å²) in [5, 5.41) is 3.52. The molecule has 2 rings (SSSR count). The number of pyridine rings is 1. The summed E-state index contributed by atoms with van der Waals surface area (Å²) in [5.41, 5.74) is 3.73. The summed E-state index contributed by atoms with van der Waals surface area (Å²) in [5.74, 6) is 0. The Balaban J connectivity index is 2.20. The van der Waals surface area contributed by atoms with E-state index in [1.165, 1.54) is 20.9 Å². The number of aryl methyl sites for hydroxylation is 3. The van der Waals surface area contributed by atoms with E-state index < -0.39 is 0 Å². The van der Waals surface area contributed by atoms with Crippen LogP contribution in [0.15, 0.2) is 24.5 Å². The molecular weight excluding hydrogens is 228 g/mol. The summed E-state index contributed by atoms with van der Waals surface area (Å²) in [6, 6.07) is 4.62. The number of nitrogens with zero attached hydrogens (tertiary/aromatic N) is 1. The molecule has 0 bridgehead atoms. The van der Waals surface area contributed by atoms with Crippen molar-refractivity contribution in [2.24, 2.45) is 0 Å². The van der Waals surface area contributed by atoms with Crippen LogP contribution < -0.4 is 5.32 Å². The SMILES string of the molecule is Cc1cc(C(C)Nc2cnccc2C)c(C)s1. The lowest BCUT2D eigenvalue weighted by molar-refractivity contribution is 0.877. The summed E-state index contributed by atoms with van der Waals surface area (Å²) >= 11 is 1.86. The quantitative estimate of drug-likeness (QED) is 0.876. The van der Waals surface area contributed by atoms with Crippen molar-refractivity contribution in [1.29, 1.82) is 0 Å². The Kier molecular flexibility index (Phi) is 3.48. The topological polar surface area (TPSA) is 24.9 Å². The van der Waals surface area contributed by atoms with Crippen molar-refractivity contribution >= 4 is 17.0 Å². The fourth-order valence-electron chi connectivity index (χ4n) is 2.01. The highest BCUT2D eigenvalue weighted by Gasteiger charge is 2.11.